The molecule has 42 heavy (non-hydrogen) atoms. The lowest BCUT2D eigenvalue weighted by atomic mass is 9.90. The van der Waals surface area contributed by atoms with Gasteiger partial charge in [0.2, 0.25) is 5.91 Å². The van der Waals surface area contributed by atoms with Crippen molar-refractivity contribution in [3.63, 3.8) is 0 Å². The smallest absolute Gasteiger partial charge is 0.338 e. The first-order valence-corrected chi connectivity index (χ1v) is 14.9. The van der Waals surface area contributed by atoms with E-state index in [2.05, 4.69) is 27.3 Å². The van der Waals surface area contributed by atoms with Crippen molar-refractivity contribution in [2.75, 3.05) is 38.0 Å². The van der Waals surface area contributed by atoms with Gasteiger partial charge in [-0.15, -0.1) is 12.4 Å². The zero-order valence-corrected chi connectivity index (χ0v) is 25.5. The van der Waals surface area contributed by atoms with Gasteiger partial charge in [0.15, 0.2) is 0 Å². The van der Waals surface area contributed by atoms with Gasteiger partial charge in [0.25, 0.3) is 0 Å². The molecule has 1 saturated heterocycles. The summed E-state index contributed by atoms with van der Waals surface area (Å²) in [6.45, 7) is 6.98. The number of piperazine rings is 1. The normalized spacial score (nSPS) is 21.2. The number of rotatable bonds is 8. The van der Waals surface area contributed by atoms with Gasteiger partial charge < -0.3 is 21.3 Å². The number of anilines is 1. The molecule has 2 saturated carbocycles. The summed E-state index contributed by atoms with van der Waals surface area (Å²) in [5.41, 5.74) is 12.6. The van der Waals surface area contributed by atoms with Crippen molar-refractivity contribution in [1.82, 2.24) is 24.3 Å². The zero-order chi connectivity index (χ0) is 29.1. The number of hydrogen-bond acceptors (Lipinski definition) is 7. The van der Waals surface area contributed by atoms with Gasteiger partial charge in [-0.1, -0.05) is 12.1 Å². The molecule has 0 atom stereocenters. The molecule has 1 aromatic heterocycles. The first kappa shape index (κ1) is 31.9. The number of aromatic nitrogens is 2. The van der Waals surface area contributed by atoms with Crippen LogP contribution < -0.4 is 22.5 Å². The number of carbonyl (C=O) groups excluding carboxylic acids is 2. The second kappa shape index (κ2) is 13.5. The maximum Gasteiger partial charge on any atom is 0.354 e. The molecule has 2 aliphatic carbocycles. The van der Waals surface area contributed by atoms with Gasteiger partial charge in [-0.25, -0.2) is 9.59 Å². The largest absolute Gasteiger partial charge is 0.354 e. The minimum atomic E-state index is -0.945. The van der Waals surface area contributed by atoms with E-state index in [1.165, 1.54) is 35.8 Å². The van der Waals surface area contributed by atoms with E-state index in [0.717, 1.165) is 37.5 Å². The molecular weight excluding hydrogens is 556 g/mol. The van der Waals surface area contributed by atoms with E-state index in [4.69, 9.17) is 11.5 Å². The van der Waals surface area contributed by atoms with Crippen LogP contribution in [-0.2, 0) is 11.3 Å². The predicted molar refractivity (Wildman–Crippen MR) is 166 cm³/mol. The van der Waals surface area contributed by atoms with E-state index in [1.54, 1.807) is 35.9 Å². The summed E-state index contributed by atoms with van der Waals surface area (Å²) in [6, 6.07) is 10.3. The minimum Gasteiger partial charge on any atom is -0.338 e. The van der Waals surface area contributed by atoms with E-state index < -0.39 is 11.2 Å². The average Bonchev–Trinajstić information content (AvgIpc) is 3.77. The average molecular weight is 601 g/mol. The lowest BCUT2D eigenvalue weighted by Crippen LogP contribution is -2.58. The molecule has 3 amide bonds. The number of hydrogen-bond donors (Lipinski definition) is 3. The molecule has 11 nitrogen and oxygen atoms in total. The first-order chi connectivity index (χ1) is 19.6. The minimum absolute atomic E-state index is 0. The molecule has 12 heteroatoms. The Bertz CT molecular complexity index is 1270. The Labute approximate surface area is 254 Å². The van der Waals surface area contributed by atoms with E-state index in [0.29, 0.717) is 38.3 Å². The van der Waals surface area contributed by atoms with Crippen LogP contribution in [0.4, 0.5) is 10.6 Å². The summed E-state index contributed by atoms with van der Waals surface area (Å²) in [7, 11) is 0. The van der Waals surface area contributed by atoms with Crippen LogP contribution in [0.25, 0.3) is 5.69 Å². The Balaban J connectivity index is 0.00000405. The Morgan fingerprint density at radius 3 is 2.17 bits per heavy atom. The molecule has 0 spiro atoms. The molecule has 0 radical (unpaired) electrons. The Morgan fingerprint density at radius 2 is 1.60 bits per heavy atom. The summed E-state index contributed by atoms with van der Waals surface area (Å²) in [5.74, 6) is 0.879. The van der Waals surface area contributed by atoms with Crippen molar-refractivity contribution < 1.29 is 9.59 Å². The highest BCUT2D eigenvalue weighted by Crippen LogP contribution is 2.33. The SMILES string of the molecule is CC(C)(N)C(=O)N1CCN(C(=O)Nc2ccn(-c3ccc(CN(CC4CC4)C4CCC(N)CC4)cc3)c(=O)n2)CC1.Cl. The van der Waals surface area contributed by atoms with Crippen LogP contribution in [0.2, 0.25) is 0 Å². The van der Waals surface area contributed by atoms with Crippen LogP contribution >= 0.6 is 12.4 Å². The lowest BCUT2D eigenvalue weighted by molar-refractivity contribution is -0.137. The van der Waals surface area contributed by atoms with Gasteiger partial charge in [0.1, 0.15) is 5.82 Å². The van der Waals surface area contributed by atoms with Crippen molar-refractivity contribution in [3.8, 4) is 5.69 Å². The molecule has 0 bridgehead atoms. The van der Waals surface area contributed by atoms with Crippen LogP contribution in [0.5, 0.6) is 0 Å². The third-order valence-electron chi connectivity index (χ3n) is 8.49. The van der Waals surface area contributed by atoms with Crippen molar-refractivity contribution in [2.24, 2.45) is 17.4 Å². The van der Waals surface area contributed by atoms with Gasteiger partial charge in [-0.05, 0) is 82.1 Å². The van der Waals surface area contributed by atoms with Gasteiger partial charge in [0, 0.05) is 57.5 Å². The summed E-state index contributed by atoms with van der Waals surface area (Å²) >= 11 is 0. The molecule has 2 aromatic rings. The van der Waals surface area contributed by atoms with E-state index >= 15 is 0 Å². The second-order valence-electron chi connectivity index (χ2n) is 12.5. The van der Waals surface area contributed by atoms with Crippen LogP contribution in [-0.4, -0.2) is 86.5 Å². The number of nitrogens with two attached hydrogens (primary N) is 2. The fraction of sp³-hybridized carbons (Fsp3) is 0.600. The maximum atomic E-state index is 12.8. The highest BCUT2D eigenvalue weighted by atomic mass is 35.5. The number of urea groups is 1. The van der Waals surface area contributed by atoms with Gasteiger partial charge in [0.05, 0.1) is 11.2 Å². The third-order valence-corrected chi connectivity index (χ3v) is 8.49. The molecule has 3 aliphatic rings. The van der Waals surface area contributed by atoms with E-state index in [-0.39, 0.29) is 30.2 Å². The molecule has 3 fully saturated rings. The molecule has 1 aliphatic heterocycles. The Hall–Kier alpha value is -2.99. The number of nitrogens with one attached hydrogen (secondary N) is 1. The summed E-state index contributed by atoms with van der Waals surface area (Å²) in [6.07, 6.45) is 8.82. The predicted octanol–water partition coefficient (Wildman–Crippen LogP) is 2.55. The number of carbonyl (C=O) groups is 2. The standard InChI is InChI=1S/C30H44N8O3.ClH/c1-30(2,32)27(39)35-15-17-36(18-16-35)28(40)33-26-13-14-38(29(41)34-26)25-9-5-22(6-10-25)20-37(19-21-3-4-21)24-11-7-23(31)8-12-24;/h5-6,9-10,13-14,21,23-24H,3-4,7-8,11-12,15-20,31-32H2,1-2H3,(H,33,34,40,41);1H. The fourth-order valence-corrected chi connectivity index (χ4v) is 5.82. The Kier molecular flexibility index (Phi) is 10.3. The molecule has 0 unspecified atom stereocenters. The maximum absolute atomic E-state index is 12.8. The monoisotopic (exact) mass is 600 g/mol. The zero-order valence-electron chi connectivity index (χ0n) is 24.7. The van der Waals surface area contributed by atoms with Crippen LogP contribution in [0.3, 0.4) is 0 Å². The van der Waals surface area contributed by atoms with Gasteiger partial charge in [-0.2, -0.15) is 4.98 Å². The quantitative estimate of drug-likeness (QED) is 0.422. The topological polar surface area (TPSA) is 143 Å². The summed E-state index contributed by atoms with van der Waals surface area (Å²) in [4.78, 5) is 48.0. The van der Waals surface area contributed by atoms with Crippen LogP contribution in [0.15, 0.2) is 41.3 Å². The summed E-state index contributed by atoms with van der Waals surface area (Å²) < 4.78 is 1.48. The lowest BCUT2D eigenvalue weighted by Gasteiger charge is -2.37. The second-order valence-corrected chi connectivity index (χ2v) is 12.5. The van der Waals surface area contributed by atoms with Crippen molar-refractivity contribution in [1.29, 1.82) is 0 Å². The first-order valence-electron chi connectivity index (χ1n) is 14.9. The van der Waals surface area contributed by atoms with Crippen LogP contribution in [0.1, 0.15) is 57.9 Å². The molecule has 1 aromatic carbocycles. The number of halogens is 1. The van der Waals surface area contributed by atoms with E-state index in [1.807, 2.05) is 12.1 Å². The molecule has 2 heterocycles. The highest BCUT2D eigenvalue weighted by molar-refractivity contribution is 5.89. The number of amides is 3. The molecule has 5 rings (SSSR count). The molecule has 5 N–H and O–H groups in total. The Morgan fingerprint density at radius 1 is 0.976 bits per heavy atom. The van der Waals surface area contributed by atoms with Gasteiger partial charge >= 0.3 is 11.7 Å². The number of benzene rings is 1. The third kappa shape index (κ3) is 8.09. The van der Waals surface area contributed by atoms with Gasteiger partial charge in [-0.3, -0.25) is 19.6 Å². The van der Waals surface area contributed by atoms with Crippen molar-refractivity contribution in [3.05, 3.63) is 52.6 Å². The molecular formula is C30H45ClN8O3. The van der Waals surface area contributed by atoms with Crippen LogP contribution in [0, 0.1) is 5.92 Å². The summed E-state index contributed by atoms with van der Waals surface area (Å²) in [5, 5.41) is 2.71. The fourth-order valence-electron chi connectivity index (χ4n) is 5.82. The van der Waals surface area contributed by atoms with E-state index in [9.17, 15) is 14.4 Å². The molecule has 230 valence electrons. The van der Waals surface area contributed by atoms with Crippen molar-refractivity contribution >= 4 is 30.2 Å². The van der Waals surface area contributed by atoms with Crippen molar-refractivity contribution in [2.45, 2.75) is 76.5 Å². The number of nitrogens with zero attached hydrogens (tertiary/aromatic N) is 5. The highest BCUT2D eigenvalue weighted by Gasteiger charge is 2.32.